The van der Waals surface area contributed by atoms with Crippen LogP contribution in [0.25, 0.3) is 17.4 Å². The Hall–Kier alpha value is -2.78. The van der Waals surface area contributed by atoms with Crippen LogP contribution in [0.15, 0.2) is 64.8 Å². The molecule has 24 heavy (non-hydrogen) atoms. The zero-order valence-electron chi connectivity index (χ0n) is 12.9. The Kier molecular flexibility index (Phi) is 3.51. The Labute approximate surface area is 144 Å². The molecule has 0 saturated carbocycles. The van der Waals surface area contributed by atoms with E-state index >= 15 is 0 Å². The lowest BCUT2D eigenvalue weighted by Gasteiger charge is -1.98. The van der Waals surface area contributed by atoms with Crippen LogP contribution in [0, 0.1) is 6.92 Å². The highest BCUT2D eigenvalue weighted by atomic mass is 35.5. The fourth-order valence-corrected chi connectivity index (χ4v) is 2.76. The summed E-state index contributed by atoms with van der Waals surface area (Å²) in [4.78, 5) is 12.4. The Morgan fingerprint density at radius 3 is 2.58 bits per heavy atom. The van der Waals surface area contributed by atoms with Crippen LogP contribution in [0.5, 0.6) is 5.75 Å². The standard InChI is InChI=1S/C20H13ClO3/c1-12-2-8-18-16(10-12)20(22)19(24-18)11-15-7-9-17(23-15)13-3-5-14(21)6-4-13/h2-11H,1H3/b19-11-. The van der Waals surface area contributed by atoms with E-state index < -0.39 is 0 Å². The van der Waals surface area contributed by atoms with Crippen LogP contribution in [0.2, 0.25) is 5.02 Å². The molecule has 2 heterocycles. The number of rotatable bonds is 2. The lowest BCUT2D eigenvalue weighted by molar-refractivity contribution is 0.101. The van der Waals surface area contributed by atoms with Crippen molar-refractivity contribution in [3.05, 3.63) is 82.3 Å². The zero-order valence-corrected chi connectivity index (χ0v) is 13.6. The van der Waals surface area contributed by atoms with Gasteiger partial charge in [-0.3, -0.25) is 4.79 Å². The van der Waals surface area contributed by atoms with E-state index in [1.165, 1.54) is 0 Å². The minimum Gasteiger partial charge on any atom is -0.457 e. The zero-order chi connectivity index (χ0) is 16.7. The second-order valence-corrected chi connectivity index (χ2v) is 6.08. The average molecular weight is 337 g/mol. The maximum atomic E-state index is 12.4. The first-order valence-corrected chi connectivity index (χ1v) is 7.89. The number of carbonyl (C=O) groups excluding carboxylic acids is 1. The quantitative estimate of drug-likeness (QED) is 0.578. The smallest absolute Gasteiger partial charge is 0.232 e. The van der Waals surface area contributed by atoms with Crippen molar-refractivity contribution < 1.29 is 13.9 Å². The molecule has 0 saturated heterocycles. The number of hydrogen-bond acceptors (Lipinski definition) is 3. The van der Waals surface area contributed by atoms with Crippen molar-refractivity contribution in [2.75, 3.05) is 0 Å². The molecular weight excluding hydrogens is 324 g/mol. The van der Waals surface area contributed by atoms with Crippen LogP contribution in [-0.4, -0.2) is 5.78 Å². The average Bonchev–Trinajstić information content (AvgIpc) is 3.15. The Balaban J connectivity index is 1.63. The van der Waals surface area contributed by atoms with Gasteiger partial charge in [-0.25, -0.2) is 0 Å². The van der Waals surface area contributed by atoms with Crippen LogP contribution in [0.1, 0.15) is 21.7 Å². The van der Waals surface area contributed by atoms with Gasteiger partial charge < -0.3 is 9.15 Å². The van der Waals surface area contributed by atoms with E-state index in [0.29, 0.717) is 27.9 Å². The summed E-state index contributed by atoms with van der Waals surface area (Å²) in [6, 6.07) is 16.6. The van der Waals surface area contributed by atoms with Gasteiger partial charge in [0.25, 0.3) is 0 Å². The number of hydrogen-bond donors (Lipinski definition) is 0. The first-order chi connectivity index (χ1) is 11.6. The molecule has 0 spiro atoms. The minimum atomic E-state index is -0.127. The first kappa shape index (κ1) is 14.8. The van der Waals surface area contributed by atoms with Gasteiger partial charge in [0, 0.05) is 16.7 Å². The monoisotopic (exact) mass is 336 g/mol. The molecule has 0 atom stereocenters. The number of furan rings is 1. The fourth-order valence-electron chi connectivity index (χ4n) is 2.63. The molecule has 4 heteroatoms. The normalized spacial score (nSPS) is 14.8. The van der Waals surface area contributed by atoms with Gasteiger partial charge in [-0.2, -0.15) is 0 Å². The topological polar surface area (TPSA) is 39.4 Å². The third kappa shape index (κ3) is 2.63. The molecule has 0 fully saturated rings. The van der Waals surface area contributed by atoms with Crippen molar-refractivity contribution in [3.8, 4) is 17.1 Å². The molecule has 0 unspecified atom stereocenters. The molecule has 3 nitrogen and oxygen atoms in total. The molecule has 0 radical (unpaired) electrons. The van der Waals surface area contributed by atoms with E-state index in [0.717, 1.165) is 11.1 Å². The van der Waals surface area contributed by atoms with E-state index in [4.69, 9.17) is 20.8 Å². The molecule has 2 aromatic carbocycles. The Bertz CT molecular complexity index is 965. The van der Waals surface area contributed by atoms with Crippen LogP contribution in [0.3, 0.4) is 0 Å². The molecule has 3 aromatic rings. The summed E-state index contributed by atoms with van der Waals surface area (Å²) >= 11 is 5.89. The maximum Gasteiger partial charge on any atom is 0.232 e. The van der Waals surface area contributed by atoms with Gasteiger partial charge in [-0.15, -0.1) is 0 Å². The van der Waals surface area contributed by atoms with E-state index in [1.807, 2.05) is 49.4 Å². The minimum absolute atomic E-state index is 0.127. The number of carbonyl (C=O) groups is 1. The van der Waals surface area contributed by atoms with E-state index in [2.05, 4.69) is 0 Å². The van der Waals surface area contributed by atoms with Crippen molar-refractivity contribution in [1.82, 2.24) is 0 Å². The SMILES string of the molecule is Cc1ccc2c(c1)C(=O)/C(=C/c1ccc(-c3ccc(Cl)cc3)o1)O2. The van der Waals surface area contributed by atoms with Crippen LogP contribution in [-0.2, 0) is 0 Å². The first-order valence-electron chi connectivity index (χ1n) is 7.51. The number of allylic oxidation sites excluding steroid dienone is 1. The largest absolute Gasteiger partial charge is 0.457 e. The predicted molar refractivity (Wildman–Crippen MR) is 93.3 cm³/mol. The number of fused-ring (bicyclic) bond motifs is 1. The van der Waals surface area contributed by atoms with Gasteiger partial charge >= 0.3 is 0 Å². The van der Waals surface area contributed by atoms with Crippen molar-refractivity contribution in [2.24, 2.45) is 0 Å². The van der Waals surface area contributed by atoms with Gasteiger partial charge in [0.2, 0.25) is 5.78 Å². The molecule has 0 amide bonds. The second-order valence-electron chi connectivity index (χ2n) is 5.65. The number of Topliss-reactive ketones (excluding diaryl/α,β-unsaturated/α-hetero) is 1. The Morgan fingerprint density at radius 2 is 1.79 bits per heavy atom. The molecule has 4 rings (SSSR count). The van der Waals surface area contributed by atoms with Gasteiger partial charge in [0.15, 0.2) is 5.76 Å². The molecule has 1 aliphatic heterocycles. The highest BCUT2D eigenvalue weighted by Gasteiger charge is 2.27. The number of aryl methyl sites for hydroxylation is 1. The number of halogens is 1. The third-order valence-corrected chi connectivity index (χ3v) is 4.10. The van der Waals surface area contributed by atoms with Gasteiger partial charge in [-0.05, 0) is 55.5 Å². The maximum absolute atomic E-state index is 12.4. The molecule has 1 aromatic heterocycles. The highest BCUT2D eigenvalue weighted by molar-refractivity contribution is 6.30. The van der Waals surface area contributed by atoms with Gasteiger partial charge in [-0.1, -0.05) is 23.2 Å². The molecule has 1 aliphatic rings. The van der Waals surface area contributed by atoms with E-state index in [9.17, 15) is 4.79 Å². The lowest BCUT2D eigenvalue weighted by atomic mass is 10.1. The fraction of sp³-hybridized carbons (Fsp3) is 0.0500. The number of ketones is 1. The van der Waals surface area contributed by atoms with Crippen molar-refractivity contribution in [1.29, 1.82) is 0 Å². The summed E-state index contributed by atoms with van der Waals surface area (Å²) in [5.41, 5.74) is 2.53. The molecule has 0 bridgehead atoms. The molecular formula is C20H13ClO3. The van der Waals surface area contributed by atoms with Crippen LogP contribution >= 0.6 is 11.6 Å². The highest BCUT2D eigenvalue weighted by Crippen LogP contribution is 2.33. The van der Waals surface area contributed by atoms with Crippen molar-refractivity contribution in [3.63, 3.8) is 0 Å². The molecule has 0 N–H and O–H groups in total. The Morgan fingerprint density at radius 1 is 1.00 bits per heavy atom. The molecule has 118 valence electrons. The third-order valence-electron chi connectivity index (χ3n) is 3.85. The number of ether oxygens (including phenoxy) is 1. The summed E-state index contributed by atoms with van der Waals surface area (Å²) in [5, 5.41) is 0.672. The van der Waals surface area contributed by atoms with Crippen molar-refractivity contribution in [2.45, 2.75) is 6.92 Å². The van der Waals surface area contributed by atoms with E-state index in [1.54, 1.807) is 18.2 Å². The lowest BCUT2D eigenvalue weighted by Crippen LogP contribution is -1.97. The van der Waals surface area contributed by atoms with Gasteiger partial charge in [0.1, 0.15) is 17.3 Å². The summed E-state index contributed by atoms with van der Waals surface area (Å²) in [5.74, 6) is 2.00. The van der Waals surface area contributed by atoms with Crippen LogP contribution < -0.4 is 4.74 Å². The summed E-state index contributed by atoms with van der Waals surface area (Å²) in [6.45, 7) is 1.94. The second kappa shape index (κ2) is 5.69. The van der Waals surface area contributed by atoms with E-state index in [-0.39, 0.29) is 11.5 Å². The summed E-state index contributed by atoms with van der Waals surface area (Å²) in [7, 11) is 0. The summed E-state index contributed by atoms with van der Waals surface area (Å²) < 4.78 is 11.4. The van der Waals surface area contributed by atoms with Crippen molar-refractivity contribution >= 4 is 23.5 Å². The molecule has 0 aliphatic carbocycles. The predicted octanol–water partition coefficient (Wildman–Crippen LogP) is 5.52. The van der Waals surface area contributed by atoms with Crippen LogP contribution in [0.4, 0.5) is 0 Å². The van der Waals surface area contributed by atoms with Gasteiger partial charge in [0.05, 0.1) is 5.56 Å². The summed E-state index contributed by atoms with van der Waals surface area (Å²) in [6.07, 6.45) is 1.62. The number of benzene rings is 2.